The maximum Gasteiger partial charge on any atom is 0.162 e. The Morgan fingerprint density at radius 1 is 1.25 bits per heavy atom. The number of nitriles is 1. The summed E-state index contributed by atoms with van der Waals surface area (Å²) >= 11 is 2.09. The first kappa shape index (κ1) is 17.4. The van der Waals surface area contributed by atoms with E-state index in [1.165, 1.54) is 43.7 Å². The van der Waals surface area contributed by atoms with Gasteiger partial charge in [-0.25, -0.2) is 0 Å². The quantitative estimate of drug-likeness (QED) is 0.816. The van der Waals surface area contributed by atoms with E-state index in [9.17, 15) is 0 Å². The Morgan fingerprint density at radius 2 is 2.08 bits per heavy atom. The number of piperidine rings is 1. The van der Waals surface area contributed by atoms with Gasteiger partial charge in [0.15, 0.2) is 11.5 Å². The van der Waals surface area contributed by atoms with Crippen molar-refractivity contribution in [2.24, 2.45) is 5.92 Å². The molecule has 0 spiro atoms. The van der Waals surface area contributed by atoms with E-state index in [2.05, 4.69) is 22.7 Å². The van der Waals surface area contributed by atoms with Gasteiger partial charge in [-0.15, -0.1) is 0 Å². The van der Waals surface area contributed by atoms with Gasteiger partial charge in [-0.3, -0.25) is 4.90 Å². The van der Waals surface area contributed by atoms with E-state index in [1.807, 2.05) is 6.07 Å². The van der Waals surface area contributed by atoms with Gasteiger partial charge in [0, 0.05) is 24.6 Å². The second-order valence-electron chi connectivity index (χ2n) is 6.64. The van der Waals surface area contributed by atoms with Crippen LogP contribution >= 0.6 is 11.8 Å². The number of ether oxygens (including phenoxy) is 2. The van der Waals surface area contributed by atoms with Crippen LogP contribution in [0.4, 0.5) is 0 Å². The van der Waals surface area contributed by atoms with Gasteiger partial charge < -0.3 is 9.47 Å². The van der Waals surface area contributed by atoms with E-state index >= 15 is 0 Å². The summed E-state index contributed by atoms with van der Waals surface area (Å²) in [5.74, 6) is 4.58. The highest BCUT2D eigenvalue weighted by Crippen LogP contribution is 2.30. The van der Waals surface area contributed by atoms with Crippen molar-refractivity contribution in [2.75, 3.05) is 38.3 Å². The summed E-state index contributed by atoms with van der Waals surface area (Å²) in [5.41, 5.74) is 0.596. The largest absolute Gasteiger partial charge is 0.493 e. The maximum atomic E-state index is 8.98. The highest BCUT2D eigenvalue weighted by Gasteiger charge is 2.27. The third-order valence-corrected chi connectivity index (χ3v) is 6.07. The molecule has 2 aliphatic heterocycles. The second-order valence-corrected chi connectivity index (χ2v) is 7.86. The van der Waals surface area contributed by atoms with E-state index in [0.29, 0.717) is 17.2 Å². The molecule has 0 bridgehead atoms. The molecule has 0 aliphatic carbocycles. The highest BCUT2D eigenvalue weighted by molar-refractivity contribution is 7.99. The van der Waals surface area contributed by atoms with Crippen LogP contribution in [0.25, 0.3) is 0 Å². The molecular weight excluding hydrogens is 320 g/mol. The fourth-order valence-electron chi connectivity index (χ4n) is 3.68. The first-order valence-electron chi connectivity index (χ1n) is 8.83. The van der Waals surface area contributed by atoms with Crippen LogP contribution < -0.4 is 9.47 Å². The molecule has 1 unspecified atom stereocenters. The number of hydrogen-bond acceptors (Lipinski definition) is 5. The molecule has 24 heavy (non-hydrogen) atoms. The van der Waals surface area contributed by atoms with Gasteiger partial charge in [0.25, 0.3) is 0 Å². The first-order valence-corrected chi connectivity index (χ1v) is 9.98. The van der Waals surface area contributed by atoms with Crippen LogP contribution in [0.3, 0.4) is 0 Å². The molecule has 2 aliphatic rings. The summed E-state index contributed by atoms with van der Waals surface area (Å²) in [4.78, 5) is 2.69. The zero-order valence-corrected chi connectivity index (χ0v) is 15.2. The van der Waals surface area contributed by atoms with Crippen molar-refractivity contribution in [3.05, 3.63) is 23.8 Å². The average molecular weight is 346 g/mol. The Labute approximate surface area is 149 Å². The molecule has 0 aromatic heterocycles. The lowest BCUT2D eigenvalue weighted by atomic mass is 9.96. The molecule has 0 saturated carbocycles. The standard InChI is InChI=1S/C19H26N2O2S/c1-22-19-11-15(12-20)4-5-18(19)23-14-16-3-2-8-21(13-16)17-6-9-24-10-7-17/h4-5,11,16-17H,2-3,6-10,13-14H2,1H3. The summed E-state index contributed by atoms with van der Waals surface area (Å²) in [7, 11) is 1.62. The van der Waals surface area contributed by atoms with Crippen molar-refractivity contribution in [3.8, 4) is 17.6 Å². The Morgan fingerprint density at radius 3 is 2.83 bits per heavy atom. The Hall–Kier alpha value is -1.38. The van der Waals surface area contributed by atoms with Crippen molar-refractivity contribution in [1.29, 1.82) is 5.26 Å². The molecule has 2 heterocycles. The maximum absolute atomic E-state index is 8.98. The van der Waals surface area contributed by atoms with Crippen LogP contribution in [0.1, 0.15) is 31.2 Å². The highest BCUT2D eigenvalue weighted by atomic mass is 32.2. The van der Waals surface area contributed by atoms with Gasteiger partial charge in [0.05, 0.1) is 25.3 Å². The zero-order valence-electron chi connectivity index (χ0n) is 14.4. The smallest absolute Gasteiger partial charge is 0.162 e. The summed E-state index contributed by atoms with van der Waals surface area (Å²) < 4.78 is 11.4. The summed E-state index contributed by atoms with van der Waals surface area (Å²) in [6, 6.07) is 8.27. The number of likely N-dealkylation sites (tertiary alicyclic amines) is 1. The molecule has 1 aromatic rings. The first-order chi connectivity index (χ1) is 11.8. The number of thioether (sulfide) groups is 1. The molecule has 1 atom stereocenters. The van der Waals surface area contributed by atoms with Gasteiger partial charge in [-0.1, -0.05) is 0 Å². The molecule has 3 rings (SSSR count). The van der Waals surface area contributed by atoms with Crippen molar-refractivity contribution < 1.29 is 9.47 Å². The number of benzene rings is 1. The van der Waals surface area contributed by atoms with Gasteiger partial charge >= 0.3 is 0 Å². The molecule has 130 valence electrons. The van der Waals surface area contributed by atoms with Crippen LogP contribution in [-0.4, -0.2) is 49.3 Å². The summed E-state index contributed by atoms with van der Waals surface area (Å²) in [6.45, 7) is 3.11. The van der Waals surface area contributed by atoms with E-state index < -0.39 is 0 Å². The Kier molecular flexibility index (Phi) is 6.28. The minimum Gasteiger partial charge on any atom is -0.493 e. The van der Waals surface area contributed by atoms with E-state index in [4.69, 9.17) is 14.7 Å². The normalized spacial score (nSPS) is 22.8. The third-order valence-electron chi connectivity index (χ3n) is 5.02. The van der Waals surface area contributed by atoms with Crippen molar-refractivity contribution in [1.82, 2.24) is 4.90 Å². The molecule has 5 heteroatoms. The van der Waals surface area contributed by atoms with Crippen LogP contribution in [0.5, 0.6) is 11.5 Å². The van der Waals surface area contributed by atoms with Gasteiger partial charge in [0.1, 0.15) is 0 Å². The van der Waals surface area contributed by atoms with Crippen LogP contribution in [-0.2, 0) is 0 Å². The Bertz CT molecular complexity index is 581. The molecule has 2 fully saturated rings. The van der Waals surface area contributed by atoms with E-state index in [-0.39, 0.29) is 0 Å². The van der Waals surface area contributed by atoms with E-state index in [0.717, 1.165) is 24.9 Å². The molecule has 0 amide bonds. The minimum absolute atomic E-state index is 0.577. The molecule has 0 radical (unpaired) electrons. The lowest BCUT2D eigenvalue weighted by Crippen LogP contribution is -2.45. The molecule has 2 saturated heterocycles. The van der Waals surface area contributed by atoms with E-state index in [1.54, 1.807) is 19.2 Å². The summed E-state index contributed by atoms with van der Waals surface area (Å²) in [5, 5.41) is 8.98. The molecule has 1 aromatic carbocycles. The minimum atomic E-state index is 0.577. The number of hydrogen-bond donors (Lipinski definition) is 0. The van der Waals surface area contributed by atoms with Crippen LogP contribution in [0.15, 0.2) is 18.2 Å². The average Bonchev–Trinajstić information content (AvgIpc) is 2.67. The van der Waals surface area contributed by atoms with Gasteiger partial charge in [-0.05, 0) is 55.9 Å². The van der Waals surface area contributed by atoms with Crippen LogP contribution in [0, 0.1) is 17.2 Å². The molecule has 4 nitrogen and oxygen atoms in total. The SMILES string of the molecule is COc1cc(C#N)ccc1OCC1CCCN(C2CCSCC2)C1. The summed E-state index contributed by atoms with van der Waals surface area (Å²) in [6.07, 6.45) is 5.17. The predicted octanol–water partition coefficient (Wildman–Crippen LogP) is 3.55. The third kappa shape index (κ3) is 4.37. The number of rotatable bonds is 5. The lowest BCUT2D eigenvalue weighted by Gasteiger charge is -2.39. The fraction of sp³-hybridized carbons (Fsp3) is 0.632. The topological polar surface area (TPSA) is 45.5 Å². The predicted molar refractivity (Wildman–Crippen MR) is 97.8 cm³/mol. The Balaban J connectivity index is 1.55. The number of nitrogens with zero attached hydrogens (tertiary/aromatic N) is 2. The van der Waals surface area contributed by atoms with Gasteiger partial charge in [0.2, 0.25) is 0 Å². The second kappa shape index (κ2) is 8.64. The van der Waals surface area contributed by atoms with Gasteiger partial charge in [-0.2, -0.15) is 17.0 Å². The number of methoxy groups -OCH3 is 1. The molecule has 0 N–H and O–H groups in total. The van der Waals surface area contributed by atoms with Crippen molar-refractivity contribution in [2.45, 2.75) is 31.7 Å². The monoisotopic (exact) mass is 346 g/mol. The van der Waals surface area contributed by atoms with Crippen LogP contribution in [0.2, 0.25) is 0 Å². The van der Waals surface area contributed by atoms with Crippen molar-refractivity contribution >= 4 is 11.8 Å². The molecular formula is C19H26N2O2S. The lowest BCUT2D eigenvalue weighted by molar-refractivity contribution is 0.0897. The zero-order chi connectivity index (χ0) is 16.8. The van der Waals surface area contributed by atoms with Crippen molar-refractivity contribution in [3.63, 3.8) is 0 Å². The fourth-order valence-corrected chi connectivity index (χ4v) is 4.76.